The van der Waals surface area contributed by atoms with Crippen LogP contribution in [0.15, 0.2) is 47.6 Å². The largest absolute Gasteiger partial charge is 0.384 e. The number of aliphatic imine (C=N–C) groups is 1. The van der Waals surface area contributed by atoms with Crippen molar-refractivity contribution in [3.05, 3.63) is 65.0 Å². The Morgan fingerprint density at radius 3 is 2.73 bits per heavy atom. The van der Waals surface area contributed by atoms with Crippen LogP contribution in [0.25, 0.3) is 0 Å². The number of ketones is 1. The van der Waals surface area contributed by atoms with Crippen LogP contribution in [0.3, 0.4) is 0 Å². The molecule has 0 bridgehead atoms. The van der Waals surface area contributed by atoms with Crippen LogP contribution in [-0.2, 0) is 22.5 Å². The standard InChI is InChI=1S/C20H20F2N2O2/c1-26-12-15(13-5-3-2-4-6-13)8-17(25)9-16-7-14-10-24-19(20(21)22)18(14)11-23-16/h2-7,11,15,20H,8-10,12H2,1H3/t15-/m1/s1. The van der Waals surface area contributed by atoms with Gasteiger partial charge in [-0.3, -0.25) is 14.8 Å². The molecule has 0 aliphatic carbocycles. The molecule has 4 nitrogen and oxygen atoms in total. The van der Waals surface area contributed by atoms with E-state index >= 15 is 0 Å². The van der Waals surface area contributed by atoms with Gasteiger partial charge in [-0.15, -0.1) is 0 Å². The number of pyridine rings is 1. The van der Waals surface area contributed by atoms with E-state index in [1.165, 1.54) is 6.20 Å². The molecule has 3 rings (SSSR count). The van der Waals surface area contributed by atoms with Crippen molar-refractivity contribution in [1.29, 1.82) is 0 Å². The fourth-order valence-corrected chi connectivity index (χ4v) is 3.20. The third kappa shape index (κ3) is 4.19. The van der Waals surface area contributed by atoms with Crippen LogP contribution in [0.5, 0.6) is 0 Å². The van der Waals surface area contributed by atoms with Gasteiger partial charge >= 0.3 is 0 Å². The first-order valence-electron chi connectivity index (χ1n) is 8.44. The van der Waals surface area contributed by atoms with Crippen LogP contribution in [0.1, 0.15) is 34.7 Å². The molecule has 0 N–H and O–H groups in total. The number of fused-ring (bicyclic) bond motifs is 1. The molecule has 6 heteroatoms. The summed E-state index contributed by atoms with van der Waals surface area (Å²) in [7, 11) is 1.61. The van der Waals surface area contributed by atoms with Crippen LogP contribution >= 0.6 is 0 Å². The number of carbonyl (C=O) groups is 1. The van der Waals surface area contributed by atoms with Crippen molar-refractivity contribution >= 4 is 11.5 Å². The highest BCUT2D eigenvalue weighted by atomic mass is 19.3. The lowest BCUT2D eigenvalue weighted by atomic mass is 9.93. The minimum Gasteiger partial charge on any atom is -0.384 e. The van der Waals surface area contributed by atoms with Crippen LogP contribution < -0.4 is 0 Å². The van der Waals surface area contributed by atoms with Gasteiger partial charge in [-0.2, -0.15) is 0 Å². The number of hydrogen-bond donors (Lipinski definition) is 0. The van der Waals surface area contributed by atoms with E-state index in [1.54, 1.807) is 13.2 Å². The number of aromatic nitrogens is 1. The number of alkyl halides is 2. The maximum Gasteiger partial charge on any atom is 0.280 e. The molecule has 26 heavy (non-hydrogen) atoms. The Labute approximate surface area is 150 Å². The highest BCUT2D eigenvalue weighted by Crippen LogP contribution is 2.24. The first kappa shape index (κ1) is 18.3. The minimum absolute atomic E-state index is 0.0168. The van der Waals surface area contributed by atoms with Crippen molar-refractivity contribution in [2.75, 3.05) is 13.7 Å². The van der Waals surface area contributed by atoms with E-state index in [9.17, 15) is 13.6 Å². The lowest BCUT2D eigenvalue weighted by Crippen LogP contribution is -2.15. The molecule has 1 aliphatic heterocycles. The maximum atomic E-state index is 12.9. The molecular weight excluding hydrogens is 338 g/mol. The number of Topliss-reactive ketones (excluding diaryl/α,β-unsaturated/α-hetero) is 1. The van der Waals surface area contributed by atoms with Gasteiger partial charge in [0.1, 0.15) is 11.5 Å². The second-order valence-corrected chi connectivity index (χ2v) is 6.32. The Balaban J connectivity index is 1.67. The second-order valence-electron chi connectivity index (χ2n) is 6.32. The van der Waals surface area contributed by atoms with Gasteiger partial charge in [0.25, 0.3) is 6.43 Å². The van der Waals surface area contributed by atoms with Crippen molar-refractivity contribution < 1.29 is 18.3 Å². The van der Waals surface area contributed by atoms with E-state index in [1.807, 2.05) is 30.3 Å². The topological polar surface area (TPSA) is 51.5 Å². The Morgan fingerprint density at radius 2 is 2.04 bits per heavy atom. The number of halogens is 2. The summed E-state index contributed by atoms with van der Waals surface area (Å²) in [5.74, 6) is 0.0215. The fraction of sp³-hybridized carbons (Fsp3) is 0.350. The summed E-state index contributed by atoms with van der Waals surface area (Å²) in [6.45, 7) is 0.675. The zero-order valence-electron chi connectivity index (χ0n) is 14.5. The zero-order chi connectivity index (χ0) is 18.5. The Morgan fingerprint density at radius 1 is 1.27 bits per heavy atom. The normalized spacial score (nSPS) is 14.2. The van der Waals surface area contributed by atoms with E-state index in [-0.39, 0.29) is 30.4 Å². The highest BCUT2D eigenvalue weighted by molar-refractivity contribution is 6.05. The molecule has 0 amide bonds. The summed E-state index contributed by atoms with van der Waals surface area (Å²) < 4.78 is 31.0. The average Bonchev–Trinajstić information content (AvgIpc) is 3.05. The van der Waals surface area contributed by atoms with Gasteiger partial charge < -0.3 is 4.74 Å². The molecular formula is C20H20F2N2O2. The van der Waals surface area contributed by atoms with Gasteiger partial charge in [-0.05, 0) is 17.2 Å². The number of ether oxygens (including phenoxy) is 1. The molecule has 1 atom stereocenters. The van der Waals surface area contributed by atoms with E-state index in [2.05, 4.69) is 9.98 Å². The van der Waals surface area contributed by atoms with Crippen molar-refractivity contribution in [2.45, 2.75) is 31.7 Å². The summed E-state index contributed by atoms with van der Waals surface area (Å²) >= 11 is 0. The molecule has 0 fully saturated rings. The molecule has 0 saturated carbocycles. The lowest BCUT2D eigenvalue weighted by molar-refractivity contribution is -0.119. The summed E-state index contributed by atoms with van der Waals surface area (Å²) in [5.41, 5.74) is 2.52. The lowest BCUT2D eigenvalue weighted by Gasteiger charge is -2.15. The Kier molecular flexibility index (Phi) is 5.83. The molecule has 0 unspecified atom stereocenters. The third-order valence-electron chi connectivity index (χ3n) is 4.44. The third-order valence-corrected chi connectivity index (χ3v) is 4.44. The average molecular weight is 358 g/mol. The molecule has 2 aromatic rings. The van der Waals surface area contributed by atoms with Crippen molar-refractivity contribution in [3.63, 3.8) is 0 Å². The molecule has 1 aromatic heterocycles. The second kappa shape index (κ2) is 8.27. The van der Waals surface area contributed by atoms with Gasteiger partial charge in [0.2, 0.25) is 0 Å². The number of hydrogen-bond acceptors (Lipinski definition) is 4. The molecule has 1 aliphatic rings. The number of rotatable bonds is 8. The number of carbonyl (C=O) groups excluding carboxylic acids is 1. The predicted octanol–water partition coefficient (Wildman–Crippen LogP) is 3.58. The number of methoxy groups -OCH3 is 1. The maximum absolute atomic E-state index is 12.9. The van der Waals surface area contributed by atoms with Crippen LogP contribution in [0.4, 0.5) is 8.78 Å². The van der Waals surface area contributed by atoms with Gasteiger partial charge in [0.15, 0.2) is 0 Å². The summed E-state index contributed by atoms with van der Waals surface area (Å²) in [5, 5.41) is 0. The summed E-state index contributed by atoms with van der Waals surface area (Å²) in [4.78, 5) is 20.5. The highest BCUT2D eigenvalue weighted by Gasteiger charge is 2.24. The SMILES string of the molecule is COC[C@@H](CC(=O)Cc1cc2c(cn1)C(C(F)F)=NC2)c1ccccc1. The van der Waals surface area contributed by atoms with Crippen LogP contribution in [-0.4, -0.2) is 36.6 Å². The minimum atomic E-state index is -2.61. The van der Waals surface area contributed by atoms with Crippen molar-refractivity contribution in [3.8, 4) is 0 Å². The van der Waals surface area contributed by atoms with E-state index in [0.29, 0.717) is 29.8 Å². The number of nitrogens with zero attached hydrogens (tertiary/aromatic N) is 2. The van der Waals surface area contributed by atoms with Crippen LogP contribution in [0, 0.1) is 0 Å². The summed E-state index contributed by atoms with van der Waals surface area (Å²) in [6.07, 6.45) is -0.689. The Bertz CT molecular complexity index is 807. The quantitative estimate of drug-likeness (QED) is 0.725. The number of benzene rings is 1. The first-order chi connectivity index (χ1) is 12.6. The van der Waals surface area contributed by atoms with Crippen LogP contribution in [0.2, 0.25) is 0 Å². The van der Waals surface area contributed by atoms with Gasteiger partial charge in [0.05, 0.1) is 13.2 Å². The molecule has 0 radical (unpaired) electrons. The van der Waals surface area contributed by atoms with Gasteiger partial charge in [0, 0.05) is 43.3 Å². The first-order valence-corrected chi connectivity index (χ1v) is 8.44. The van der Waals surface area contributed by atoms with E-state index < -0.39 is 6.43 Å². The predicted molar refractivity (Wildman–Crippen MR) is 94.9 cm³/mol. The monoisotopic (exact) mass is 358 g/mol. The van der Waals surface area contributed by atoms with Crippen molar-refractivity contribution in [2.24, 2.45) is 4.99 Å². The summed E-state index contributed by atoms with van der Waals surface area (Å²) in [6, 6.07) is 11.5. The molecule has 0 saturated heterocycles. The van der Waals surface area contributed by atoms with Gasteiger partial charge in [-0.25, -0.2) is 8.78 Å². The molecule has 1 aromatic carbocycles. The van der Waals surface area contributed by atoms with Crippen molar-refractivity contribution in [1.82, 2.24) is 4.98 Å². The van der Waals surface area contributed by atoms with E-state index in [0.717, 1.165) is 5.56 Å². The Hall–Kier alpha value is -2.47. The molecule has 2 heterocycles. The smallest absolute Gasteiger partial charge is 0.280 e. The van der Waals surface area contributed by atoms with E-state index in [4.69, 9.17) is 4.74 Å². The molecule has 136 valence electrons. The molecule has 0 spiro atoms. The van der Waals surface area contributed by atoms with Gasteiger partial charge in [-0.1, -0.05) is 30.3 Å². The zero-order valence-corrected chi connectivity index (χ0v) is 14.5. The fourth-order valence-electron chi connectivity index (χ4n) is 3.20.